The van der Waals surface area contributed by atoms with Crippen LogP contribution in [0.15, 0.2) is 66.2 Å². The number of aryl methyl sites for hydroxylation is 1. The summed E-state index contributed by atoms with van der Waals surface area (Å²) in [5.41, 5.74) is 4.12. The quantitative estimate of drug-likeness (QED) is 0.354. The molecule has 3 heterocycles. The van der Waals surface area contributed by atoms with E-state index in [1.54, 1.807) is 18.0 Å². The summed E-state index contributed by atoms with van der Waals surface area (Å²) in [6.45, 7) is 2.00. The number of rotatable bonds is 4. The van der Waals surface area contributed by atoms with Gasteiger partial charge in [-0.05, 0) is 13.0 Å². The average molecular weight is 334 g/mol. The van der Waals surface area contributed by atoms with Gasteiger partial charge < -0.3 is 0 Å². The molecule has 118 valence electrons. The number of thioether (sulfide) groups is 1. The molecule has 0 saturated carbocycles. The molecule has 0 aliphatic heterocycles. The van der Waals surface area contributed by atoms with Gasteiger partial charge in [0, 0.05) is 17.3 Å². The summed E-state index contributed by atoms with van der Waals surface area (Å²) in [6, 6.07) is 14.1. The van der Waals surface area contributed by atoms with Crippen LogP contribution >= 0.6 is 11.8 Å². The van der Waals surface area contributed by atoms with E-state index in [2.05, 4.69) is 32.1 Å². The minimum Gasteiger partial charge on any atom is -0.242 e. The van der Waals surface area contributed by atoms with E-state index in [9.17, 15) is 0 Å². The van der Waals surface area contributed by atoms with Crippen molar-refractivity contribution in [2.45, 2.75) is 17.8 Å². The van der Waals surface area contributed by atoms with E-state index in [1.807, 2.05) is 54.0 Å². The molecule has 0 amide bonds. The number of fused-ring (bicyclic) bond motifs is 1. The van der Waals surface area contributed by atoms with Gasteiger partial charge in [0.2, 0.25) is 0 Å². The fraction of sp³-hybridized carbons (Fsp3) is 0.111. The van der Waals surface area contributed by atoms with Crippen molar-refractivity contribution >= 4 is 17.5 Å². The van der Waals surface area contributed by atoms with E-state index in [-0.39, 0.29) is 0 Å². The Labute approximate surface area is 143 Å². The largest absolute Gasteiger partial charge is 0.400 e. The number of aromatic nitrogens is 5. The predicted molar refractivity (Wildman–Crippen MR) is 93.5 cm³/mol. The number of nitrogens with zero attached hydrogens (tertiary/aromatic N) is 4. The zero-order valence-corrected chi connectivity index (χ0v) is 14.0. The first-order valence-electron chi connectivity index (χ1n) is 7.66. The smallest absolute Gasteiger partial charge is 0.242 e. The molecule has 5 nitrogen and oxygen atoms in total. The Morgan fingerprint density at radius 3 is 2.83 bits per heavy atom. The van der Waals surface area contributed by atoms with Gasteiger partial charge in [-0.25, -0.2) is 19.4 Å². The highest BCUT2D eigenvalue weighted by Crippen LogP contribution is 2.23. The molecule has 1 N–H and O–H groups in total. The molecule has 6 heteroatoms. The number of aromatic amines is 1. The van der Waals surface area contributed by atoms with Crippen molar-refractivity contribution < 1.29 is 4.40 Å². The van der Waals surface area contributed by atoms with E-state index < -0.39 is 0 Å². The third kappa shape index (κ3) is 3.14. The maximum Gasteiger partial charge on any atom is 0.400 e. The lowest BCUT2D eigenvalue weighted by atomic mass is 10.1. The lowest BCUT2D eigenvalue weighted by Gasteiger charge is -2.05. The number of nitrogens with one attached hydrogen (secondary N) is 1. The lowest BCUT2D eigenvalue weighted by molar-refractivity contribution is -0.512. The molecule has 0 bridgehead atoms. The van der Waals surface area contributed by atoms with Crippen LogP contribution in [-0.4, -0.2) is 19.9 Å². The normalized spacial score (nSPS) is 11.0. The summed E-state index contributed by atoms with van der Waals surface area (Å²) >= 11 is 1.62. The summed E-state index contributed by atoms with van der Waals surface area (Å²) < 4.78 is 1.97. The predicted octanol–water partition coefficient (Wildman–Crippen LogP) is 3.21. The van der Waals surface area contributed by atoms with E-state index in [0.29, 0.717) is 0 Å². The first-order chi connectivity index (χ1) is 11.8. The second kappa shape index (κ2) is 6.41. The van der Waals surface area contributed by atoms with Crippen LogP contribution in [0, 0.1) is 6.92 Å². The second-order valence-electron chi connectivity index (χ2n) is 5.46. The Morgan fingerprint density at radius 1 is 1.12 bits per heavy atom. The molecule has 0 fully saturated rings. The van der Waals surface area contributed by atoms with Crippen LogP contribution in [0.1, 0.15) is 11.4 Å². The molecule has 24 heavy (non-hydrogen) atoms. The molecule has 1 aromatic carbocycles. The van der Waals surface area contributed by atoms with Crippen LogP contribution in [0.5, 0.6) is 0 Å². The summed E-state index contributed by atoms with van der Waals surface area (Å²) in [5.74, 6) is 1.60. The van der Waals surface area contributed by atoms with Gasteiger partial charge in [-0.2, -0.15) is 0 Å². The monoisotopic (exact) mass is 334 g/mol. The highest BCUT2D eigenvalue weighted by atomic mass is 32.2. The van der Waals surface area contributed by atoms with Gasteiger partial charge in [-0.15, -0.1) is 0 Å². The summed E-state index contributed by atoms with van der Waals surface area (Å²) in [4.78, 5) is 16.8. The zero-order valence-electron chi connectivity index (χ0n) is 13.2. The van der Waals surface area contributed by atoms with Gasteiger partial charge in [-0.1, -0.05) is 47.1 Å². The van der Waals surface area contributed by atoms with Crippen molar-refractivity contribution in [2.24, 2.45) is 0 Å². The minimum absolute atomic E-state index is 0.765. The number of imidazole rings is 1. The van der Waals surface area contributed by atoms with Crippen LogP contribution in [0.25, 0.3) is 17.0 Å². The third-order valence-corrected chi connectivity index (χ3v) is 4.50. The Hall–Kier alpha value is -2.73. The molecular weight excluding hydrogens is 318 g/mol. The van der Waals surface area contributed by atoms with E-state index >= 15 is 0 Å². The number of hydrogen-bond donors (Lipinski definition) is 1. The maximum atomic E-state index is 4.69. The standard InChI is InChI=1S/C18H15N5S/c1-13-10-16(14-6-3-2-4-7-14)22-18(20-13)24-12-15-11-23-9-5-8-19-17(23)21-15/h2-11H,12H2,1H3/p+1. The summed E-state index contributed by atoms with van der Waals surface area (Å²) in [6.07, 6.45) is 5.80. The summed E-state index contributed by atoms with van der Waals surface area (Å²) in [7, 11) is 0. The molecule has 4 rings (SSSR count). The Kier molecular flexibility index (Phi) is 3.96. The van der Waals surface area contributed by atoms with Crippen molar-refractivity contribution in [1.82, 2.24) is 19.9 Å². The lowest BCUT2D eigenvalue weighted by Crippen LogP contribution is -2.17. The fourth-order valence-corrected chi connectivity index (χ4v) is 3.31. The maximum absolute atomic E-state index is 4.69. The van der Waals surface area contributed by atoms with Gasteiger partial charge in [0.05, 0.1) is 17.6 Å². The second-order valence-corrected chi connectivity index (χ2v) is 6.40. The number of hydrogen-bond acceptors (Lipinski definition) is 4. The van der Waals surface area contributed by atoms with E-state index in [0.717, 1.165) is 39.3 Å². The molecule has 3 aromatic heterocycles. The van der Waals surface area contributed by atoms with Crippen LogP contribution in [0.2, 0.25) is 0 Å². The number of benzene rings is 1. The molecule has 0 spiro atoms. The summed E-state index contributed by atoms with van der Waals surface area (Å²) in [5, 5.41) is 0.783. The Morgan fingerprint density at radius 2 is 2.00 bits per heavy atom. The number of H-pyrrole nitrogens is 1. The van der Waals surface area contributed by atoms with Gasteiger partial charge in [0.15, 0.2) is 5.16 Å². The fourth-order valence-electron chi connectivity index (χ4n) is 2.51. The van der Waals surface area contributed by atoms with Gasteiger partial charge in [0.25, 0.3) is 0 Å². The van der Waals surface area contributed by atoms with Gasteiger partial charge >= 0.3 is 5.78 Å². The van der Waals surface area contributed by atoms with E-state index in [4.69, 9.17) is 0 Å². The Bertz CT molecular complexity index is 948. The van der Waals surface area contributed by atoms with Crippen molar-refractivity contribution in [1.29, 1.82) is 0 Å². The minimum atomic E-state index is 0.765. The van der Waals surface area contributed by atoms with Crippen LogP contribution < -0.4 is 4.40 Å². The van der Waals surface area contributed by atoms with Crippen molar-refractivity contribution in [3.8, 4) is 11.3 Å². The molecule has 0 aliphatic rings. The average Bonchev–Trinajstić information content (AvgIpc) is 3.03. The molecule has 0 saturated heterocycles. The van der Waals surface area contributed by atoms with Crippen molar-refractivity contribution in [2.75, 3.05) is 0 Å². The van der Waals surface area contributed by atoms with Crippen LogP contribution in [0.4, 0.5) is 0 Å². The molecule has 0 unspecified atom stereocenters. The first-order valence-corrected chi connectivity index (χ1v) is 8.64. The SMILES string of the molecule is Cc1cc(-c2ccccc2)nc(SCc2c[n+]3cccnc3[nH]2)n1. The third-order valence-electron chi connectivity index (χ3n) is 3.60. The van der Waals surface area contributed by atoms with Gasteiger partial charge in [0.1, 0.15) is 18.1 Å². The Balaban J connectivity index is 1.57. The van der Waals surface area contributed by atoms with Crippen LogP contribution in [-0.2, 0) is 5.75 Å². The zero-order chi connectivity index (χ0) is 16.4. The molecule has 0 aliphatic carbocycles. The van der Waals surface area contributed by atoms with E-state index in [1.165, 1.54) is 0 Å². The molecule has 4 aromatic rings. The molecule has 0 atom stereocenters. The van der Waals surface area contributed by atoms with Crippen molar-refractivity contribution in [3.05, 3.63) is 72.4 Å². The molecule has 0 radical (unpaired) electrons. The van der Waals surface area contributed by atoms with Gasteiger partial charge in [-0.3, -0.25) is 0 Å². The highest BCUT2D eigenvalue weighted by molar-refractivity contribution is 7.98. The topological polar surface area (TPSA) is 58.6 Å². The first kappa shape index (κ1) is 14.8. The van der Waals surface area contributed by atoms with Crippen molar-refractivity contribution in [3.63, 3.8) is 0 Å². The van der Waals surface area contributed by atoms with Crippen LogP contribution in [0.3, 0.4) is 0 Å². The molecular formula is C18H16N5S+. The highest BCUT2D eigenvalue weighted by Gasteiger charge is 2.10.